The number of nitrogens with one attached hydrogen (secondary N) is 1. The maximum atomic E-state index is 11.9. The first-order valence-corrected chi connectivity index (χ1v) is 10.5. The number of thiophene rings is 1. The van der Waals surface area contributed by atoms with Crippen LogP contribution in [0.3, 0.4) is 0 Å². The van der Waals surface area contributed by atoms with Gasteiger partial charge in [-0.2, -0.15) is 0 Å². The van der Waals surface area contributed by atoms with Crippen molar-refractivity contribution in [2.45, 2.75) is 12.8 Å². The Hall–Kier alpha value is -1.64. The van der Waals surface area contributed by atoms with Gasteiger partial charge in [0, 0.05) is 52.2 Å². The van der Waals surface area contributed by atoms with E-state index in [4.69, 9.17) is 4.74 Å². The number of nitrogens with zero attached hydrogens (tertiary/aromatic N) is 4. The van der Waals surface area contributed by atoms with Crippen LogP contribution in [-0.2, 0) is 16.0 Å². The minimum atomic E-state index is 0.00859. The predicted octanol–water partition coefficient (Wildman–Crippen LogP) is 0.979. The Morgan fingerprint density at radius 3 is 2.78 bits per heavy atom. The van der Waals surface area contributed by atoms with Crippen molar-refractivity contribution < 1.29 is 9.53 Å². The quantitative estimate of drug-likeness (QED) is 0.384. The lowest BCUT2D eigenvalue weighted by Gasteiger charge is -2.27. The number of likely N-dealkylation sites (N-methyl/N-ethyl adjacent to an activating group) is 2. The molecule has 8 heteroatoms. The first-order chi connectivity index (χ1) is 13.1. The molecular weight excluding hydrogens is 362 g/mol. The lowest BCUT2D eigenvalue weighted by Crippen LogP contribution is -2.42. The minimum Gasteiger partial charge on any atom is -0.379 e. The van der Waals surface area contributed by atoms with Crippen molar-refractivity contribution in [2.24, 2.45) is 4.99 Å². The van der Waals surface area contributed by atoms with E-state index >= 15 is 0 Å². The number of rotatable bonds is 9. The minimum absolute atomic E-state index is 0.00859. The topological polar surface area (TPSA) is 60.4 Å². The summed E-state index contributed by atoms with van der Waals surface area (Å²) in [5, 5.41) is 5.54. The van der Waals surface area contributed by atoms with E-state index in [0.29, 0.717) is 0 Å². The SMILES string of the molecule is CN(C)C(=O)CN=C(NCCCN1CCOCC1)N(C)CCc1cccs1. The van der Waals surface area contributed by atoms with Crippen LogP contribution in [0.4, 0.5) is 0 Å². The summed E-state index contributed by atoms with van der Waals surface area (Å²) in [5.41, 5.74) is 0. The summed E-state index contributed by atoms with van der Waals surface area (Å²) in [6.45, 7) is 6.62. The second-order valence-electron chi connectivity index (χ2n) is 6.91. The molecule has 2 heterocycles. The number of morpholine rings is 1. The average molecular weight is 396 g/mol. The first-order valence-electron chi connectivity index (χ1n) is 9.58. The molecule has 0 aliphatic carbocycles. The molecule has 2 rings (SSSR count). The number of ether oxygens (including phenoxy) is 1. The Morgan fingerprint density at radius 1 is 1.33 bits per heavy atom. The summed E-state index contributed by atoms with van der Waals surface area (Å²) in [6, 6.07) is 4.23. The number of carbonyl (C=O) groups excluding carboxylic acids is 1. The zero-order valence-corrected chi connectivity index (χ0v) is 17.6. The fourth-order valence-corrected chi connectivity index (χ4v) is 3.46. The zero-order chi connectivity index (χ0) is 19.5. The van der Waals surface area contributed by atoms with Gasteiger partial charge in [-0.15, -0.1) is 11.3 Å². The highest BCUT2D eigenvalue weighted by atomic mass is 32.1. The third-order valence-corrected chi connectivity index (χ3v) is 5.47. The summed E-state index contributed by atoms with van der Waals surface area (Å²) in [4.78, 5) is 23.9. The second kappa shape index (κ2) is 11.9. The average Bonchev–Trinajstić information content (AvgIpc) is 3.19. The van der Waals surface area contributed by atoms with Gasteiger partial charge in [0.25, 0.3) is 0 Å². The molecule has 0 aromatic carbocycles. The number of carbonyl (C=O) groups is 1. The number of aliphatic imine (C=N–C) groups is 1. The van der Waals surface area contributed by atoms with Crippen molar-refractivity contribution in [1.29, 1.82) is 0 Å². The van der Waals surface area contributed by atoms with Gasteiger partial charge in [0.1, 0.15) is 6.54 Å². The van der Waals surface area contributed by atoms with Crippen LogP contribution >= 0.6 is 11.3 Å². The highest BCUT2D eigenvalue weighted by Gasteiger charge is 2.11. The van der Waals surface area contributed by atoms with Crippen molar-refractivity contribution in [3.05, 3.63) is 22.4 Å². The molecule has 7 nitrogen and oxygen atoms in total. The molecule has 1 aliphatic heterocycles. The predicted molar refractivity (Wildman–Crippen MR) is 112 cm³/mol. The molecule has 152 valence electrons. The molecule has 1 N–H and O–H groups in total. The second-order valence-corrected chi connectivity index (χ2v) is 7.95. The van der Waals surface area contributed by atoms with Gasteiger partial charge in [0.05, 0.1) is 13.2 Å². The van der Waals surface area contributed by atoms with Crippen molar-refractivity contribution >= 4 is 23.2 Å². The van der Waals surface area contributed by atoms with Crippen LogP contribution in [0.25, 0.3) is 0 Å². The number of guanidine groups is 1. The molecule has 1 aliphatic rings. The van der Waals surface area contributed by atoms with E-state index in [-0.39, 0.29) is 12.5 Å². The molecule has 0 radical (unpaired) electrons. The Bertz CT molecular complexity index is 571. The van der Waals surface area contributed by atoms with Crippen molar-refractivity contribution in [3.63, 3.8) is 0 Å². The molecule has 0 spiro atoms. The molecule has 0 saturated carbocycles. The van der Waals surface area contributed by atoms with Crippen molar-refractivity contribution in [2.75, 3.05) is 73.6 Å². The number of amides is 1. The third-order valence-electron chi connectivity index (χ3n) is 4.54. The van der Waals surface area contributed by atoms with Crippen LogP contribution in [0, 0.1) is 0 Å². The van der Waals surface area contributed by atoms with E-state index in [0.717, 1.165) is 64.7 Å². The fraction of sp³-hybridized carbons (Fsp3) is 0.684. The van der Waals surface area contributed by atoms with Crippen LogP contribution in [-0.4, -0.2) is 100 Å². The van der Waals surface area contributed by atoms with Gasteiger partial charge in [-0.3, -0.25) is 9.69 Å². The largest absolute Gasteiger partial charge is 0.379 e. The standard InChI is InChI=1S/C19H33N5O2S/c1-22(2)18(25)16-21-19(23(3)10-7-17-6-4-15-27-17)20-8-5-9-24-11-13-26-14-12-24/h4,6,15H,5,7-14,16H2,1-3H3,(H,20,21). The summed E-state index contributed by atoms with van der Waals surface area (Å²) in [5.74, 6) is 0.804. The Kier molecular flexibility index (Phi) is 9.58. The van der Waals surface area contributed by atoms with Crippen LogP contribution in [0.2, 0.25) is 0 Å². The molecule has 1 aromatic rings. The zero-order valence-electron chi connectivity index (χ0n) is 16.8. The summed E-state index contributed by atoms with van der Waals surface area (Å²) < 4.78 is 5.39. The van der Waals surface area contributed by atoms with E-state index in [9.17, 15) is 4.79 Å². The smallest absolute Gasteiger partial charge is 0.243 e. The maximum Gasteiger partial charge on any atom is 0.243 e. The summed E-state index contributed by atoms with van der Waals surface area (Å²) in [6.07, 6.45) is 2.02. The summed E-state index contributed by atoms with van der Waals surface area (Å²) in [7, 11) is 5.54. The van der Waals surface area contributed by atoms with Gasteiger partial charge in [0.2, 0.25) is 5.91 Å². The van der Waals surface area contributed by atoms with E-state index in [1.807, 2.05) is 7.05 Å². The molecular formula is C19H33N5O2S. The van der Waals surface area contributed by atoms with Gasteiger partial charge in [-0.1, -0.05) is 6.07 Å². The van der Waals surface area contributed by atoms with Gasteiger partial charge in [0.15, 0.2) is 5.96 Å². The third kappa shape index (κ3) is 8.28. The normalized spacial score (nSPS) is 15.6. The molecule has 1 saturated heterocycles. The van der Waals surface area contributed by atoms with Crippen LogP contribution in [0.1, 0.15) is 11.3 Å². The molecule has 1 amide bonds. The van der Waals surface area contributed by atoms with Crippen LogP contribution < -0.4 is 5.32 Å². The van der Waals surface area contributed by atoms with Crippen molar-refractivity contribution in [1.82, 2.24) is 20.0 Å². The first kappa shape index (κ1) is 21.7. The molecule has 1 aromatic heterocycles. The number of hydrogen-bond acceptors (Lipinski definition) is 5. The van der Waals surface area contributed by atoms with E-state index in [1.54, 1.807) is 30.3 Å². The lowest BCUT2D eigenvalue weighted by atomic mass is 10.3. The van der Waals surface area contributed by atoms with Gasteiger partial charge in [-0.05, 0) is 30.8 Å². The number of hydrogen-bond donors (Lipinski definition) is 1. The Balaban J connectivity index is 1.81. The van der Waals surface area contributed by atoms with Crippen molar-refractivity contribution in [3.8, 4) is 0 Å². The van der Waals surface area contributed by atoms with Crippen LogP contribution in [0.15, 0.2) is 22.5 Å². The lowest BCUT2D eigenvalue weighted by molar-refractivity contribution is -0.127. The highest BCUT2D eigenvalue weighted by Crippen LogP contribution is 2.09. The highest BCUT2D eigenvalue weighted by molar-refractivity contribution is 7.09. The molecule has 27 heavy (non-hydrogen) atoms. The molecule has 0 bridgehead atoms. The Labute approximate surface area is 167 Å². The van der Waals surface area contributed by atoms with Gasteiger partial charge >= 0.3 is 0 Å². The van der Waals surface area contributed by atoms with E-state index in [2.05, 4.69) is 37.6 Å². The molecule has 1 fully saturated rings. The summed E-state index contributed by atoms with van der Waals surface area (Å²) >= 11 is 1.77. The van der Waals surface area contributed by atoms with Gasteiger partial charge < -0.3 is 19.9 Å². The van der Waals surface area contributed by atoms with E-state index < -0.39 is 0 Å². The van der Waals surface area contributed by atoms with Crippen LogP contribution in [0.5, 0.6) is 0 Å². The maximum absolute atomic E-state index is 11.9. The van der Waals surface area contributed by atoms with Gasteiger partial charge in [-0.25, -0.2) is 4.99 Å². The monoisotopic (exact) mass is 395 g/mol. The molecule has 0 atom stereocenters. The fourth-order valence-electron chi connectivity index (χ4n) is 2.76. The van der Waals surface area contributed by atoms with E-state index in [1.165, 1.54) is 4.88 Å². The Morgan fingerprint density at radius 2 is 2.11 bits per heavy atom. The molecule has 0 unspecified atom stereocenters.